The number of hydrogen-bond acceptors (Lipinski definition) is 3. The number of amides is 2. The van der Waals surface area contributed by atoms with Gasteiger partial charge in [0.2, 0.25) is 11.8 Å². The number of benzene rings is 1. The fraction of sp³-hybridized carbons (Fsp3) is 0.429. The number of carbonyl (C=O) groups is 2. The van der Waals surface area contributed by atoms with Crippen LogP contribution in [0.25, 0.3) is 0 Å². The first kappa shape index (κ1) is 15.6. The fourth-order valence-corrected chi connectivity index (χ4v) is 2.17. The molecule has 0 radical (unpaired) electrons. The van der Waals surface area contributed by atoms with Gasteiger partial charge in [0, 0.05) is 4.90 Å². The first-order valence-electron chi connectivity index (χ1n) is 6.07. The van der Waals surface area contributed by atoms with Gasteiger partial charge in [-0.15, -0.1) is 11.8 Å². The second-order valence-electron chi connectivity index (χ2n) is 5.31. The Morgan fingerprint density at radius 1 is 1.21 bits per heavy atom. The van der Waals surface area contributed by atoms with E-state index in [4.69, 9.17) is 5.73 Å². The lowest BCUT2D eigenvalue weighted by molar-refractivity contribution is -0.123. The van der Waals surface area contributed by atoms with Crippen molar-refractivity contribution in [1.29, 1.82) is 0 Å². The van der Waals surface area contributed by atoms with Gasteiger partial charge in [-0.25, -0.2) is 0 Å². The van der Waals surface area contributed by atoms with Crippen LogP contribution < -0.4 is 11.1 Å². The number of rotatable bonds is 5. The van der Waals surface area contributed by atoms with Gasteiger partial charge in [0.1, 0.15) is 0 Å². The van der Waals surface area contributed by atoms with E-state index in [0.29, 0.717) is 0 Å². The molecule has 3 N–H and O–H groups in total. The lowest BCUT2D eigenvalue weighted by atomic mass is 9.87. The van der Waals surface area contributed by atoms with Gasteiger partial charge in [-0.1, -0.05) is 32.9 Å². The third-order valence-electron chi connectivity index (χ3n) is 2.55. The van der Waals surface area contributed by atoms with Crippen LogP contribution in [-0.2, 0) is 15.0 Å². The fourth-order valence-electron chi connectivity index (χ4n) is 1.44. The largest absolute Gasteiger partial charge is 0.368 e. The maximum Gasteiger partial charge on any atom is 0.236 e. The molecule has 1 aromatic carbocycles. The molecule has 0 heterocycles. The minimum Gasteiger partial charge on any atom is -0.368 e. The van der Waals surface area contributed by atoms with E-state index in [1.165, 1.54) is 17.3 Å². The molecular formula is C14H20N2O2S. The van der Waals surface area contributed by atoms with Crippen molar-refractivity contribution < 1.29 is 9.59 Å². The molecule has 0 saturated heterocycles. The van der Waals surface area contributed by atoms with Gasteiger partial charge in [-0.05, 0) is 23.1 Å². The van der Waals surface area contributed by atoms with Crippen molar-refractivity contribution in [2.45, 2.75) is 31.1 Å². The molecule has 1 rings (SSSR count). The number of hydrogen-bond donors (Lipinski definition) is 2. The maximum atomic E-state index is 11.4. The van der Waals surface area contributed by atoms with Crippen LogP contribution in [-0.4, -0.2) is 24.1 Å². The predicted octanol–water partition coefficient (Wildman–Crippen LogP) is 1.68. The Labute approximate surface area is 118 Å². The van der Waals surface area contributed by atoms with E-state index < -0.39 is 5.91 Å². The second-order valence-corrected chi connectivity index (χ2v) is 6.35. The molecule has 0 aliphatic heterocycles. The van der Waals surface area contributed by atoms with Crippen LogP contribution in [0, 0.1) is 0 Å². The zero-order valence-corrected chi connectivity index (χ0v) is 12.3. The van der Waals surface area contributed by atoms with E-state index in [2.05, 4.69) is 38.2 Å². The minimum atomic E-state index is -0.534. The molecule has 1 aromatic rings. The van der Waals surface area contributed by atoms with Gasteiger partial charge < -0.3 is 11.1 Å². The molecule has 0 aromatic heterocycles. The standard InChI is InChI=1S/C14H20N2O2S/c1-14(2,3)10-4-6-11(7-5-10)19-9-13(18)16-8-12(15)17/h4-7H,8-9H2,1-3H3,(H2,15,17)(H,16,18). The molecule has 2 amide bonds. The van der Waals surface area contributed by atoms with Crippen LogP contribution in [0.1, 0.15) is 26.3 Å². The van der Waals surface area contributed by atoms with Crippen LogP contribution in [0.3, 0.4) is 0 Å². The van der Waals surface area contributed by atoms with E-state index in [1.807, 2.05) is 12.1 Å². The summed E-state index contributed by atoms with van der Waals surface area (Å²) in [5.41, 5.74) is 6.33. The van der Waals surface area contributed by atoms with Gasteiger partial charge in [0.15, 0.2) is 0 Å². The molecule has 0 aliphatic carbocycles. The van der Waals surface area contributed by atoms with Gasteiger partial charge in [-0.2, -0.15) is 0 Å². The quantitative estimate of drug-likeness (QED) is 0.806. The summed E-state index contributed by atoms with van der Waals surface area (Å²) in [7, 11) is 0. The van der Waals surface area contributed by atoms with Gasteiger partial charge >= 0.3 is 0 Å². The Hall–Kier alpha value is -1.49. The van der Waals surface area contributed by atoms with Gasteiger partial charge in [0.25, 0.3) is 0 Å². The third kappa shape index (κ3) is 5.79. The summed E-state index contributed by atoms with van der Waals surface area (Å²) >= 11 is 1.44. The molecule has 0 fully saturated rings. The lowest BCUT2D eigenvalue weighted by Gasteiger charge is -2.19. The highest BCUT2D eigenvalue weighted by molar-refractivity contribution is 8.00. The Morgan fingerprint density at radius 3 is 2.26 bits per heavy atom. The molecular weight excluding hydrogens is 260 g/mol. The van der Waals surface area contributed by atoms with Crippen molar-refractivity contribution in [3.8, 4) is 0 Å². The van der Waals surface area contributed by atoms with Crippen molar-refractivity contribution in [3.63, 3.8) is 0 Å². The number of primary amides is 1. The summed E-state index contributed by atoms with van der Waals surface area (Å²) in [5.74, 6) is -0.445. The summed E-state index contributed by atoms with van der Waals surface area (Å²) in [6.07, 6.45) is 0. The van der Waals surface area contributed by atoms with E-state index in [1.54, 1.807) is 0 Å². The number of nitrogens with one attached hydrogen (secondary N) is 1. The molecule has 0 aliphatic rings. The van der Waals surface area contributed by atoms with Gasteiger partial charge in [0.05, 0.1) is 12.3 Å². The number of thioether (sulfide) groups is 1. The molecule has 4 nitrogen and oxygen atoms in total. The minimum absolute atomic E-state index is 0.109. The van der Waals surface area contributed by atoms with Crippen LogP contribution >= 0.6 is 11.8 Å². The van der Waals surface area contributed by atoms with Crippen molar-refractivity contribution >= 4 is 23.6 Å². The lowest BCUT2D eigenvalue weighted by Crippen LogP contribution is -2.34. The van der Waals surface area contributed by atoms with Crippen molar-refractivity contribution in [3.05, 3.63) is 29.8 Å². The summed E-state index contributed by atoms with van der Waals surface area (Å²) in [6, 6.07) is 8.16. The Morgan fingerprint density at radius 2 is 1.79 bits per heavy atom. The third-order valence-corrected chi connectivity index (χ3v) is 3.56. The van der Waals surface area contributed by atoms with Crippen LogP contribution in [0.2, 0.25) is 0 Å². The van der Waals surface area contributed by atoms with Crippen molar-refractivity contribution in [2.24, 2.45) is 5.73 Å². The number of carbonyl (C=O) groups excluding carboxylic acids is 2. The normalized spacial score (nSPS) is 11.1. The van der Waals surface area contributed by atoms with E-state index >= 15 is 0 Å². The van der Waals surface area contributed by atoms with Crippen LogP contribution in [0.5, 0.6) is 0 Å². The highest BCUT2D eigenvalue weighted by atomic mass is 32.2. The molecule has 0 saturated carbocycles. The second kappa shape index (κ2) is 6.61. The molecule has 0 spiro atoms. The molecule has 0 atom stereocenters. The topological polar surface area (TPSA) is 72.2 Å². The molecule has 104 valence electrons. The summed E-state index contributed by atoms with van der Waals surface area (Å²) in [4.78, 5) is 22.9. The van der Waals surface area contributed by atoms with Crippen molar-refractivity contribution in [2.75, 3.05) is 12.3 Å². The molecule has 0 bridgehead atoms. The predicted molar refractivity (Wildman–Crippen MR) is 78.1 cm³/mol. The highest BCUT2D eigenvalue weighted by Gasteiger charge is 2.13. The first-order chi connectivity index (χ1) is 8.79. The van der Waals surface area contributed by atoms with E-state index in [9.17, 15) is 9.59 Å². The van der Waals surface area contributed by atoms with Crippen LogP contribution in [0.15, 0.2) is 29.2 Å². The Bertz CT molecular complexity index is 450. The average molecular weight is 280 g/mol. The average Bonchev–Trinajstić information content (AvgIpc) is 2.33. The Balaban J connectivity index is 2.46. The molecule has 19 heavy (non-hydrogen) atoms. The summed E-state index contributed by atoms with van der Waals surface area (Å²) in [5, 5.41) is 2.45. The van der Waals surface area contributed by atoms with E-state index in [0.717, 1.165) is 4.90 Å². The SMILES string of the molecule is CC(C)(C)c1ccc(SCC(=O)NCC(N)=O)cc1. The Kier molecular flexibility index (Phi) is 5.42. The smallest absolute Gasteiger partial charge is 0.236 e. The van der Waals surface area contributed by atoms with Crippen molar-refractivity contribution in [1.82, 2.24) is 5.32 Å². The van der Waals surface area contributed by atoms with Gasteiger partial charge in [-0.3, -0.25) is 9.59 Å². The molecule has 0 unspecified atom stereocenters. The monoisotopic (exact) mass is 280 g/mol. The zero-order valence-electron chi connectivity index (χ0n) is 11.5. The van der Waals surface area contributed by atoms with E-state index in [-0.39, 0.29) is 23.6 Å². The number of nitrogens with two attached hydrogens (primary N) is 1. The maximum absolute atomic E-state index is 11.4. The molecule has 5 heteroatoms. The summed E-state index contributed by atoms with van der Waals surface area (Å²) in [6.45, 7) is 6.37. The zero-order chi connectivity index (χ0) is 14.5. The summed E-state index contributed by atoms with van der Waals surface area (Å²) < 4.78 is 0. The highest BCUT2D eigenvalue weighted by Crippen LogP contribution is 2.25. The van der Waals surface area contributed by atoms with Crippen LogP contribution in [0.4, 0.5) is 0 Å². The first-order valence-corrected chi connectivity index (χ1v) is 7.06.